The Balaban J connectivity index is 0.000000239. The lowest BCUT2D eigenvalue weighted by Gasteiger charge is -2.13. The van der Waals surface area contributed by atoms with E-state index in [4.69, 9.17) is 28.4 Å². The monoisotopic (exact) mass is 2060 g/mol. The van der Waals surface area contributed by atoms with Crippen molar-refractivity contribution in [2.45, 2.75) is 454 Å². The van der Waals surface area contributed by atoms with Gasteiger partial charge in [0.15, 0.2) is 0 Å². The summed E-state index contributed by atoms with van der Waals surface area (Å²) in [6.07, 6.45) is 64.9. The van der Waals surface area contributed by atoms with E-state index in [1.165, 1.54) is 389 Å². The fourth-order valence-corrected chi connectivity index (χ4v) is 30.1. The van der Waals surface area contributed by atoms with Crippen LogP contribution in [0.4, 0.5) is 0 Å². The average molecular weight is 2060 g/mol. The molecule has 0 amide bonds. The Labute approximate surface area is 873 Å². The topological polar surface area (TPSA) is 55.4 Å². The minimum Gasteiger partial charge on any atom is -0.492 e. The molecule has 12 aromatic rings. The molecule has 0 spiro atoms. The first-order valence-electron chi connectivity index (χ1n) is 54.1. The molecule has 0 radical (unpaired) electrons. The molecule has 0 aliphatic carbocycles. The summed E-state index contributed by atoms with van der Waals surface area (Å²) in [6.45, 7) is 52.2. The van der Waals surface area contributed by atoms with Crippen LogP contribution in [0.2, 0.25) is 0 Å². The number of hydrogen-bond acceptors (Lipinski definition) is 17. The number of ether oxygens (including phenoxy) is 6. The third kappa shape index (κ3) is 43.9. The van der Waals surface area contributed by atoms with Crippen molar-refractivity contribution in [1.29, 1.82) is 0 Å². The zero-order valence-electron chi connectivity index (χ0n) is 89.2. The normalized spacial score (nSPS) is 11.4. The SMILES string of the molecule is CCCCCCCCCCCCc1cc(C)sc1-c1cc2sc(-c3sc(C)cc3CCCCCCCCCCCC)cc2s1.CCCCCCCCc1c(C)sc2c(CCCCCCCC)c(C)sc12.CCCCCCOc1c2cc(C)sc2c(OCCCCCC)c2cc(C)sc12.CCCCCCOc1cc(C)sc1C.CCOCCOCCOc1cc(C)sc1C.Cc1cc(C)c(C)s1. The van der Waals surface area contributed by atoms with Crippen LogP contribution in [-0.2, 0) is 35.2 Å². The largest absolute Gasteiger partial charge is 0.492 e. The Bertz CT molecular complexity index is 4760. The fourth-order valence-electron chi connectivity index (χ4n) is 17.8. The van der Waals surface area contributed by atoms with Crippen LogP contribution < -0.4 is 18.9 Å². The number of thiophene rings is 11. The van der Waals surface area contributed by atoms with E-state index >= 15 is 0 Å². The van der Waals surface area contributed by atoms with E-state index < -0.39 is 0 Å². The summed E-state index contributed by atoms with van der Waals surface area (Å²) in [4.78, 5) is 22.8. The highest BCUT2D eigenvalue weighted by Gasteiger charge is 2.24. The van der Waals surface area contributed by atoms with E-state index in [0.29, 0.717) is 26.4 Å². The molecule has 0 atom stereocenters. The molecule has 0 bridgehead atoms. The molecule has 12 rings (SSSR count). The number of unbranched alkanes of at least 4 members (excludes halogenated alkanes) is 37. The molecule has 0 N–H and O–H groups in total. The van der Waals surface area contributed by atoms with Crippen LogP contribution in [0.1, 0.15) is 424 Å². The molecule has 0 fully saturated rings. The van der Waals surface area contributed by atoms with Gasteiger partial charge in [-0.05, 0) is 250 Å². The van der Waals surface area contributed by atoms with Gasteiger partial charge in [-0.3, -0.25) is 0 Å². The van der Waals surface area contributed by atoms with Gasteiger partial charge in [-0.15, -0.1) is 125 Å². The average Bonchev–Trinajstić information content (AvgIpc) is 1.60. The lowest BCUT2D eigenvalue weighted by molar-refractivity contribution is 0.0404. The Kier molecular flexibility index (Phi) is 61.9. The Morgan fingerprint density at radius 2 is 0.507 bits per heavy atom. The van der Waals surface area contributed by atoms with Crippen LogP contribution in [0, 0.1) is 90.0 Å². The van der Waals surface area contributed by atoms with E-state index in [-0.39, 0.29) is 0 Å². The summed E-state index contributed by atoms with van der Waals surface area (Å²) in [5.41, 5.74) is 7.97. The van der Waals surface area contributed by atoms with Crippen molar-refractivity contribution in [2.24, 2.45) is 0 Å². The molecule has 136 heavy (non-hydrogen) atoms. The van der Waals surface area contributed by atoms with E-state index in [2.05, 4.69) is 216 Å². The molecule has 17 heteroatoms. The first-order chi connectivity index (χ1) is 66.1. The maximum Gasteiger partial charge on any atom is 0.146 e. The molecule has 0 saturated carbocycles. The van der Waals surface area contributed by atoms with Crippen LogP contribution in [-0.4, -0.2) is 52.9 Å². The van der Waals surface area contributed by atoms with E-state index in [0.717, 1.165) is 62.3 Å². The van der Waals surface area contributed by atoms with Gasteiger partial charge in [0.25, 0.3) is 0 Å². The lowest BCUT2D eigenvalue weighted by Crippen LogP contribution is -2.10. The molecule has 0 aliphatic heterocycles. The maximum absolute atomic E-state index is 6.38. The summed E-state index contributed by atoms with van der Waals surface area (Å²) >= 11 is 21.3. The van der Waals surface area contributed by atoms with Gasteiger partial charge in [0.05, 0.1) is 49.0 Å². The maximum atomic E-state index is 6.38. The summed E-state index contributed by atoms with van der Waals surface area (Å²) in [7, 11) is 0. The third-order valence-electron chi connectivity index (χ3n) is 25.5. The van der Waals surface area contributed by atoms with Gasteiger partial charge in [0, 0.05) is 114 Å². The minimum atomic E-state index is 0.600. The molecular weight excluding hydrogens is 1880 g/mol. The first-order valence-corrected chi connectivity index (χ1v) is 63.1. The van der Waals surface area contributed by atoms with Crippen LogP contribution in [0.25, 0.3) is 58.5 Å². The highest BCUT2D eigenvalue weighted by molar-refractivity contribution is 7.33. The van der Waals surface area contributed by atoms with E-state index in [1.54, 1.807) is 62.5 Å². The highest BCUT2D eigenvalue weighted by Crippen LogP contribution is 2.51. The summed E-state index contributed by atoms with van der Waals surface area (Å²) in [5.74, 6) is 4.21. The van der Waals surface area contributed by atoms with Crippen molar-refractivity contribution < 1.29 is 28.4 Å². The molecule has 762 valence electrons. The zero-order valence-corrected chi connectivity index (χ0v) is 98.2. The molecule has 1 aromatic carbocycles. The van der Waals surface area contributed by atoms with Gasteiger partial charge < -0.3 is 28.4 Å². The lowest BCUT2D eigenvalue weighted by atomic mass is 10.0. The van der Waals surface area contributed by atoms with Crippen molar-refractivity contribution in [1.82, 2.24) is 0 Å². The van der Waals surface area contributed by atoms with Crippen molar-refractivity contribution in [3.8, 4) is 42.5 Å². The second kappa shape index (κ2) is 70.7. The summed E-state index contributed by atoms with van der Waals surface area (Å²) in [6, 6.07) is 20.9. The number of aryl methyl sites for hydroxylation is 17. The summed E-state index contributed by atoms with van der Waals surface area (Å²) < 4.78 is 43.3. The van der Waals surface area contributed by atoms with E-state index in [1.807, 2.05) is 97.6 Å². The number of benzene rings is 1. The van der Waals surface area contributed by atoms with Crippen molar-refractivity contribution in [3.05, 3.63) is 141 Å². The van der Waals surface area contributed by atoms with Crippen LogP contribution in [0.3, 0.4) is 0 Å². The molecule has 0 unspecified atom stereocenters. The van der Waals surface area contributed by atoms with Crippen molar-refractivity contribution >= 4 is 164 Å². The zero-order chi connectivity index (χ0) is 98.0. The van der Waals surface area contributed by atoms with Crippen LogP contribution in [0.5, 0.6) is 23.0 Å². The second-order valence-electron chi connectivity index (χ2n) is 38.1. The van der Waals surface area contributed by atoms with Gasteiger partial charge in [0.1, 0.15) is 29.6 Å². The number of rotatable bonds is 64. The van der Waals surface area contributed by atoms with Gasteiger partial charge in [-0.1, -0.05) is 286 Å². The van der Waals surface area contributed by atoms with Gasteiger partial charge in [-0.25, -0.2) is 0 Å². The molecule has 11 heterocycles. The molecule has 0 saturated heterocycles. The number of fused-ring (bicyclic) bond motifs is 4. The highest BCUT2D eigenvalue weighted by atomic mass is 32.1. The van der Waals surface area contributed by atoms with Gasteiger partial charge >= 0.3 is 0 Å². The molecular formula is C119H184O6S11. The minimum absolute atomic E-state index is 0.600. The van der Waals surface area contributed by atoms with E-state index in [9.17, 15) is 0 Å². The van der Waals surface area contributed by atoms with Crippen molar-refractivity contribution in [3.63, 3.8) is 0 Å². The predicted octanol–water partition coefficient (Wildman–Crippen LogP) is 43.8. The standard InChI is InChI=1S/C40H60S4.C24H34O2S2.C24H40S2.C12H20O3S.C12H20OS.C7H10S/c1-5-7-9-11-13-15-17-19-21-23-25-33-27-31(3)41-39(33)37-29-35-36(43-37)30-38(44-35)40-34(28-32(4)42-40)26-24-22-20-18-16-14-12-10-8-6-2;1-5-7-9-11-13-25-21-19-15-17(3)28-24(19)22(26-14-12-10-8-6-2)20-16-18(4)27-23(20)21;1-5-7-9-11-13-15-17-21-19(3)25-24-22(20(4)26-23(21)24)18-16-14-12-10-8-6-2;1-4-13-5-6-14-7-8-15-12-9-10(2)16-11(12)3;1-4-5-6-7-8-13-12-9-10(2)14-11(12)3;1-5-4-6(2)8-7(5)3/h27-30H,5-26H2,1-4H3;15-16H,5-14H2,1-4H3;5-18H2,1-4H3;9H,4-8H2,1-3H3;9H,4-8H2,1-3H3;4H,1-3H3. The smallest absolute Gasteiger partial charge is 0.146 e. The van der Waals surface area contributed by atoms with Crippen molar-refractivity contribution in [2.75, 3.05) is 52.9 Å². The summed E-state index contributed by atoms with van der Waals surface area (Å²) in [5, 5.41) is 2.46. The molecule has 0 aliphatic rings. The second-order valence-corrected chi connectivity index (χ2v) is 52.1. The van der Waals surface area contributed by atoms with Crippen LogP contribution in [0.15, 0.2) is 54.6 Å². The van der Waals surface area contributed by atoms with Gasteiger partial charge in [-0.2, -0.15) is 0 Å². The third-order valence-corrected chi connectivity index (χ3v) is 37.9. The Hall–Kier alpha value is -3.92. The molecule has 6 nitrogen and oxygen atoms in total. The fraction of sp³-hybridized carbons (Fsp3) is 0.647. The Morgan fingerprint density at radius 1 is 0.213 bits per heavy atom. The predicted molar refractivity (Wildman–Crippen MR) is 625 cm³/mol. The number of hydrogen-bond donors (Lipinski definition) is 0. The van der Waals surface area contributed by atoms with Crippen LogP contribution >= 0.6 is 125 Å². The molecule has 11 aromatic heterocycles. The Morgan fingerprint density at radius 3 is 0.831 bits per heavy atom. The van der Waals surface area contributed by atoms with Gasteiger partial charge in [0.2, 0.25) is 0 Å². The first kappa shape index (κ1) is 119. The quantitative estimate of drug-likeness (QED) is 0.0354.